The van der Waals surface area contributed by atoms with E-state index in [1.807, 2.05) is 0 Å². The van der Waals surface area contributed by atoms with Gasteiger partial charge in [0.2, 0.25) is 11.8 Å². The highest BCUT2D eigenvalue weighted by Crippen LogP contribution is 2.16. The highest BCUT2D eigenvalue weighted by molar-refractivity contribution is 7.13. The van der Waals surface area contributed by atoms with E-state index in [4.69, 9.17) is 9.57 Å². The van der Waals surface area contributed by atoms with E-state index in [-0.39, 0.29) is 36.8 Å². The third-order valence-corrected chi connectivity index (χ3v) is 3.74. The Kier molecular flexibility index (Phi) is 8.64. The van der Waals surface area contributed by atoms with Gasteiger partial charge in [-0.25, -0.2) is 15.3 Å². The van der Waals surface area contributed by atoms with Gasteiger partial charge in [0.1, 0.15) is 5.60 Å². The average Bonchev–Trinajstić information content (AvgIpc) is 2.91. The van der Waals surface area contributed by atoms with Crippen molar-refractivity contribution >= 4 is 34.4 Å². The number of nitrogens with one attached hydrogen (secondary N) is 3. The molecule has 0 fully saturated rings. The smallest absolute Gasteiger partial charge is 0.407 e. The predicted molar refractivity (Wildman–Crippen MR) is 102 cm³/mol. The van der Waals surface area contributed by atoms with E-state index in [1.54, 1.807) is 46.9 Å². The zero-order valence-electron chi connectivity index (χ0n) is 16.5. The molecule has 0 spiro atoms. The molecule has 1 aromatic heterocycles. The number of amides is 3. The van der Waals surface area contributed by atoms with Gasteiger partial charge in [-0.1, -0.05) is 13.8 Å². The molecule has 3 N–H and O–H groups in total. The largest absolute Gasteiger partial charge is 0.444 e. The van der Waals surface area contributed by atoms with Crippen molar-refractivity contribution in [1.29, 1.82) is 0 Å². The maximum Gasteiger partial charge on any atom is 0.407 e. The molecule has 1 atom stereocenters. The number of thiazole rings is 1. The van der Waals surface area contributed by atoms with Crippen LogP contribution in [-0.4, -0.2) is 41.1 Å². The second kappa shape index (κ2) is 10.2. The quantitative estimate of drug-likeness (QED) is 0.576. The van der Waals surface area contributed by atoms with Crippen LogP contribution >= 0.6 is 11.3 Å². The van der Waals surface area contributed by atoms with Gasteiger partial charge in [0.15, 0.2) is 5.13 Å². The highest BCUT2D eigenvalue weighted by Gasteiger charge is 2.18. The van der Waals surface area contributed by atoms with Crippen LogP contribution < -0.4 is 16.1 Å². The van der Waals surface area contributed by atoms with Gasteiger partial charge >= 0.3 is 6.09 Å². The minimum Gasteiger partial charge on any atom is -0.444 e. The number of carbonyl (C=O) groups is 3. The monoisotopic (exact) mass is 400 g/mol. The van der Waals surface area contributed by atoms with Gasteiger partial charge in [-0.3, -0.25) is 14.4 Å². The summed E-state index contributed by atoms with van der Waals surface area (Å²) in [7, 11) is 0. The number of alkyl carbamates (subject to hydrolysis) is 1. The van der Waals surface area contributed by atoms with E-state index in [0.717, 1.165) is 0 Å². The number of carbonyl (C=O) groups excluding carboxylic acids is 3. The lowest BCUT2D eigenvalue weighted by molar-refractivity contribution is -0.133. The molecule has 0 aliphatic carbocycles. The molecule has 1 aromatic rings. The fourth-order valence-electron chi connectivity index (χ4n) is 1.69. The van der Waals surface area contributed by atoms with Crippen LogP contribution in [0.4, 0.5) is 9.93 Å². The van der Waals surface area contributed by atoms with Gasteiger partial charge in [-0.2, -0.15) is 0 Å². The first-order chi connectivity index (χ1) is 12.5. The van der Waals surface area contributed by atoms with E-state index in [0.29, 0.717) is 10.8 Å². The first-order valence-corrected chi connectivity index (χ1v) is 9.49. The van der Waals surface area contributed by atoms with E-state index in [1.165, 1.54) is 11.3 Å². The zero-order chi connectivity index (χ0) is 20.6. The third-order valence-electron chi connectivity index (χ3n) is 2.93. The lowest BCUT2D eigenvalue weighted by Gasteiger charge is -2.21. The molecule has 1 unspecified atom stereocenters. The Morgan fingerprint density at radius 2 is 1.89 bits per heavy atom. The molecule has 3 amide bonds. The zero-order valence-corrected chi connectivity index (χ0v) is 17.4. The molecule has 0 saturated heterocycles. The molecule has 0 aliphatic rings. The van der Waals surface area contributed by atoms with Crippen LogP contribution in [0.5, 0.6) is 0 Å². The van der Waals surface area contributed by atoms with Crippen molar-refractivity contribution in [1.82, 2.24) is 15.8 Å². The van der Waals surface area contributed by atoms with Crippen molar-refractivity contribution in [3.05, 3.63) is 11.1 Å². The lowest BCUT2D eigenvalue weighted by atomic mass is 10.2. The van der Waals surface area contributed by atoms with Crippen LogP contribution in [0.25, 0.3) is 0 Å². The molecule has 0 aromatic carbocycles. The molecule has 0 radical (unpaired) electrons. The SMILES string of the molecule is CC(CONC(=O)Cc1csc(NC(=O)C(C)C)n1)NC(=O)OC(C)(C)C. The van der Waals surface area contributed by atoms with Crippen molar-refractivity contribution in [3.63, 3.8) is 0 Å². The molecule has 0 saturated carbocycles. The van der Waals surface area contributed by atoms with E-state index in [2.05, 4.69) is 21.1 Å². The summed E-state index contributed by atoms with van der Waals surface area (Å²) in [4.78, 5) is 44.4. The first kappa shape index (κ1) is 22.8. The van der Waals surface area contributed by atoms with Crippen LogP contribution in [0, 0.1) is 5.92 Å². The first-order valence-electron chi connectivity index (χ1n) is 8.61. The van der Waals surface area contributed by atoms with E-state index in [9.17, 15) is 14.4 Å². The molecular weight excluding hydrogens is 372 g/mol. The normalized spacial score (nSPS) is 12.4. The van der Waals surface area contributed by atoms with Crippen molar-refractivity contribution in [2.45, 2.75) is 59.6 Å². The molecule has 27 heavy (non-hydrogen) atoms. The van der Waals surface area contributed by atoms with Crippen LogP contribution in [0.3, 0.4) is 0 Å². The summed E-state index contributed by atoms with van der Waals surface area (Å²) in [6.45, 7) is 10.7. The van der Waals surface area contributed by atoms with Gasteiger partial charge in [0.25, 0.3) is 0 Å². The fraction of sp³-hybridized carbons (Fsp3) is 0.647. The van der Waals surface area contributed by atoms with Gasteiger partial charge in [0, 0.05) is 11.3 Å². The molecule has 10 heteroatoms. The Hall–Kier alpha value is -2.20. The molecule has 9 nitrogen and oxygen atoms in total. The molecule has 0 aliphatic heterocycles. The summed E-state index contributed by atoms with van der Waals surface area (Å²) in [5.74, 6) is -0.660. The summed E-state index contributed by atoms with van der Waals surface area (Å²) in [5, 5.41) is 7.43. The van der Waals surface area contributed by atoms with Crippen LogP contribution in [0.2, 0.25) is 0 Å². The van der Waals surface area contributed by atoms with Crippen molar-refractivity contribution in [3.8, 4) is 0 Å². The van der Waals surface area contributed by atoms with Gasteiger partial charge < -0.3 is 15.4 Å². The molecule has 1 heterocycles. The van der Waals surface area contributed by atoms with E-state index >= 15 is 0 Å². The summed E-state index contributed by atoms with van der Waals surface area (Å²) < 4.78 is 5.13. The number of ether oxygens (including phenoxy) is 1. The molecule has 0 bridgehead atoms. The Balaban J connectivity index is 2.30. The van der Waals surface area contributed by atoms with Crippen LogP contribution in [0.1, 0.15) is 47.2 Å². The highest BCUT2D eigenvalue weighted by atomic mass is 32.1. The number of rotatable bonds is 8. The Morgan fingerprint density at radius 1 is 1.22 bits per heavy atom. The topological polar surface area (TPSA) is 119 Å². The summed E-state index contributed by atoms with van der Waals surface area (Å²) in [6, 6.07) is -0.350. The number of hydrogen-bond acceptors (Lipinski definition) is 7. The Morgan fingerprint density at radius 3 is 2.48 bits per heavy atom. The molecular formula is C17H28N4O5S. The lowest BCUT2D eigenvalue weighted by Crippen LogP contribution is -2.41. The van der Waals surface area contributed by atoms with Gasteiger partial charge in [-0.05, 0) is 27.7 Å². The summed E-state index contributed by atoms with van der Waals surface area (Å²) in [6.07, 6.45) is -0.537. The second-order valence-electron chi connectivity index (χ2n) is 7.35. The number of anilines is 1. The van der Waals surface area contributed by atoms with E-state index < -0.39 is 11.7 Å². The fourth-order valence-corrected chi connectivity index (χ4v) is 2.41. The summed E-state index contributed by atoms with van der Waals surface area (Å²) >= 11 is 1.25. The van der Waals surface area contributed by atoms with Crippen molar-refractivity contribution in [2.75, 3.05) is 11.9 Å². The van der Waals surface area contributed by atoms with Crippen molar-refractivity contribution < 1.29 is 24.0 Å². The number of aromatic nitrogens is 1. The Bertz CT molecular complexity index is 654. The number of hydroxylamine groups is 1. The van der Waals surface area contributed by atoms with Crippen LogP contribution in [-0.2, 0) is 25.6 Å². The maximum atomic E-state index is 11.9. The maximum absolute atomic E-state index is 11.9. The summed E-state index contributed by atoms with van der Waals surface area (Å²) in [5.41, 5.74) is 2.24. The van der Waals surface area contributed by atoms with Gasteiger partial charge in [0.05, 0.1) is 24.8 Å². The minimum atomic E-state index is -0.583. The number of nitrogens with zero attached hydrogens (tertiary/aromatic N) is 1. The second-order valence-corrected chi connectivity index (χ2v) is 8.21. The van der Waals surface area contributed by atoms with Gasteiger partial charge in [-0.15, -0.1) is 11.3 Å². The minimum absolute atomic E-state index is 0.0158. The van der Waals surface area contributed by atoms with Crippen LogP contribution in [0.15, 0.2) is 5.38 Å². The average molecular weight is 401 g/mol. The standard InChI is InChI=1S/C17H28N4O5S/c1-10(2)14(23)20-15-19-12(9-27-15)7-13(22)21-25-8-11(3)18-16(24)26-17(4,5)6/h9-11H,7-8H2,1-6H3,(H,18,24)(H,21,22)(H,19,20,23). The Labute approximate surface area is 163 Å². The molecule has 1 rings (SSSR count). The molecule has 152 valence electrons. The number of hydrogen-bond donors (Lipinski definition) is 3. The third kappa shape index (κ3) is 9.90. The van der Waals surface area contributed by atoms with Crippen molar-refractivity contribution in [2.24, 2.45) is 5.92 Å². The predicted octanol–water partition coefficient (Wildman–Crippen LogP) is 2.24.